The van der Waals surface area contributed by atoms with Crippen molar-refractivity contribution in [3.05, 3.63) is 70.2 Å². The molecule has 0 radical (unpaired) electrons. The topological polar surface area (TPSA) is 94.3 Å². The van der Waals surface area contributed by atoms with Crippen molar-refractivity contribution in [2.24, 2.45) is 0 Å². The molecule has 0 saturated carbocycles. The zero-order chi connectivity index (χ0) is 19.0. The van der Waals surface area contributed by atoms with Crippen LogP contribution in [0.25, 0.3) is 21.8 Å². The first-order chi connectivity index (χ1) is 13.1. The molecule has 4 rings (SSSR count). The molecule has 4 aromatic rings. The molecule has 0 fully saturated rings. The first-order valence-corrected chi connectivity index (χ1v) is 8.33. The predicted octanol–water partition coefficient (Wildman–Crippen LogP) is 3.48. The number of hydrogen-bond acceptors (Lipinski definition) is 5. The van der Waals surface area contributed by atoms with Crippen molar-refractivity contribution >= 4 is 39.4 Å². The molecule has 0 aliphatic rings. The summed E-state index contributed by atoms with van der Waals surface area (Å²) in [6.45, 7) is -0.367. The number of halogens is 1. The molecule has 8 heteroatoms. The highest BCUT2D eigenvalue weighted by Gasteiger charge is 2.19. The Bertz CT molecular complexity index is 1240. The van der Waals surface area contributed by atoms with Crippen molar-refractivity contribution in [1.29, 1.82) is 0 Å². The largest absolute Gasteiger partial charge is 0.480 e. The molecular weight excluding hydrogens is 370 g/mol. The van der Waals surface area contributed by atoms with Crippen molar-refractivity contribution in [2.75, 3.05) is 0 Å². The summed E-state index contributed by atoms with van der Waals surface area (Å²) in [6.07, 6.45) is 4.34. The van der Waals surface area contributed by atoms with Gasteiger partial charge in [0.2, 0.25) is 5.88 Å². The first-order valence-electron chi connectivity index (χ1n) is 7.95. The van der Waals surface area contributed by atoms with Crippen molar-refractivity contribution in [3.63, 3.8) is 0 Å². The number of carboxylic acid groups (broad SMARTS) is 1. The highest BCUT2D eigenvalue weighted by Crippen LogP contribution is 2.36. The van der Waals surface area contributed by atoms with Crippen LogP contribution in [0.5, 0.6) is 11.6 Å². The standard InChI is InChI=1S/C19H12ClN3O4/c20-13-6-5-12-17(19(13)27-15-9-21-7-8-22-15)23(10-16(24)25)14-4-2-1-3-11(14)18(12)26/h1-9H,10H2,(H,24,25). The first kappa shape index (κ1) is 17.0. The monoisotopic (exact) mass is 381 g/mol. The van der Waals surface area contributed by atoms with Gasteiger partial charge in [-0.3, -0.25) is 14.6 Å². The van der Waals surface area contributed by atoms with Gasteiger partial charge in [-0.25, -0.2) is 4.98 Å². The SMILES string of the molecule is O=C(O)Cn1c2ccccc2c(=O)c2ccc(Cl)c(Oc3cnccn3)c21. The van der Waals surface area contributed by atoms with Crippen molar-refractivity contribution < 1.29 is 14.6 Å². The van der Waals surface area contributed by atoms with E-state index in [1.165, 1.54) is 29.2 Å². The van der Waals surface area contributed by atoms with E-state index in [1.807, 2.05) is 0 Å². The van der Waals surface area contributed by atoms with E-state index < -0.39 is 5.97 Å². The van der Waals surface area contributed by atoms with Crippen LogP contribution in [0.3, 0.4) is 0 Å². The quantitative estimate of drug-likeness (QED) is 0.544. The highest BCUT2D eigenvalue weighted by atomic mass is 35.5. The Morgan fingerprint density at radius 2 is 1.96 bits per heavy atom. The fourth-order valence-electron chi connectivity index (χ4n) is 3.00. The summed E-state index contributed by atoms with van der Waals surface area (Å²) in [4.78, 5) is 32.4. The van der Waals surface area contributed by atoms with Crippen molar-refractivity contribution in [1.82, 2.24) is 14.5 Å². The minimum atomic E-state index is -1.06. The van der Waals surface area contributed by atoms with Crippen LogP contribution in [0.1, 0.15) is 0 Å². The van der Waals surface area contributed by atoms with Gasteiger partial charge in [-0.1, -0.05) is 23.7 Å². The molecule has 0 saturated heterocycles. The van der Waals surface area contributed by atoms with Gasteiger partial charge >= 0.3 is 5.97 Å². The van der Waals surface area contributed by atoms with E-state index in [-0.39, 0.29) is 28.6 Å². The van der Waals surface area contributed by atoms with Gasteiger partial charge in [0.15, 0.2) is 11.2 Å². The number of benzene rings is 2. The second-order valence-corrected chi connectivity index (χ2v) is 6.15. The highest BCUT2D eigenvalue weighted by molar-refractivity contribution is 6.33. The van der Waals surface area contributed by atoms with Gasteiger partial charge in [0.05, 0.1) is 27.6 Å². The number of aliphatic carboxylic acids is 1. The number of carboxylic acids is 1. The summed E-state index contributed by atoms with van der Waals surface area (Å²) in [5.41, 5.74) is 0.533. The molecule has 0 bridgehead atoms. The molecule has 27 heavy (non-hydrogen) atoms. The number of pyridine rings is 1. The Morgan fingerprint density at radius 3 is 2.70 bits per heavy atom. The maximum atomic E-state index is 13.0. The summed E-state index contributed by atoms with van der Waals surface area (Å²) in [5, 5.41) is 10.4. The number of nitrogens with zero attached hydrogens (tertiary/aromatic N) is 3. The van der Waals surface area contributed by atoms with Crippen LogP contribution in [-0.4, -0.2) is 25.6 Å². The van der Waals surface area contributed by atoms with Gasteiger partial charge in [-0.05, 0) is 24.3 Å². The molecular formula is C19H12ClN3O4. The summed E-state index contributed by atoms with van der Waals surface area (Å²) >= 11 is 6.33. The summed E-state index contributed by atoms with van der Waals surface area (Å²) in [5.74, 6) is -0.733. The lowest BCUT2D eigenvalue weighted by Crippen LogP contribution is -2.16. The summed E-state index contributed by atoms with van der Waals surface area (Å²) in [6, 6.07) is 9.91. The van der Waals surface area contributed by atoms with E-state index in [9.17, 15) is 14.7 Å². The van der Waals surface area contributed by atoms with Crippen LogP contribution < -0.4 is 10.2 Å². The van der Waals surface area contributed by atoms with Crippen LogP contribution in [0.15, 0.2) is 59.8 Å². The van der Waals surface area contributed by atoms with E-state index in [4.69, 9.17) is 16.3 Å². The second kappa shape index (κ2) is 6.69. The zero-order valence-corrected chi connectivity index (χ0v) is 14.6. The Hall–Kier alpha value is -3.45. The third kappa shape index (κ3) is 2.98. The number of fused-ring (bicyclic) bond motifs is 2. The lowest BCUT2D eigenvalue weighted by molar-refractivity contribution is -0.137. The average Bonchev–Trinajstić information content (AvgIpc) is 2.67. The van der Waals surface area contributed by atoms with Crippen molar-refractivity contribution in [3.8, 4) is 11.6 Å². The Morgan fingerprint density at radius 1 is 1.15 bits per heavy atom. The molecule has 0 spiro atoms. The van der Waals surface area contributed by atoms with Crippen LogP contribution in [0, 0.1) is 0 Å². The Balaban J connectivity index is 2.13. The zero-order valence-electron chi connectivity index (χ0n) is 13.8. The van der Waals surface area contributed by atoms with E-state index >= 15 is 0 Å². The number of carbonyl (C=O) groups is 1. The third-order valence-electron chi connectivity index (χ3n) is 4.08. The molecule has 0 amide bonds. The van der Waals surface area contributed by atoms with Gasteiger partial charge in [-0.15, -0.1) is 0 Å². The van der Waals surface area contributed by atoms with Gasteiger partial charge in [0.1, 0.15) is 6.54 Å². The average molecular weight is 382 g/mol. The molecule has 0 aliphatic carbocycles. The number of para-hydroxylation sites is 1. The van der Waals surface area contributed by atoms with Crippen LogP contribution in [-0.2, 0) is 11.3 Å². The van der Waals surface area contributed by atoms with Gasteiger partial charge in [-0.2, -0.15) is 0 Å². The summed E-state index contributed by atoms with van der Waals surface area (Å²) < 4.78 is 7.30. The lowest BCUT2D eigenvalue weighted by Gasteiger charge is -2.17. The Labute approximate surface area is 157 Å². The molecule has 7 nitrogen and oxygen atoms in total. The van der Waals surface area contributed by atoms with Crippen LogP contribution in [0.4, 0.5) is 0 Å². The fourth-order valence-corrected chi connectivity index (χ4v) is 3.19. The third-order valence-corrected chi connectivity index (χ3v) is 4.37. The lowest BCUT2D eigenvalue weighted by atomic mass is 10.1. The second-order valence-electron chi connectivity index (χ2n) is 5.74. The van der Waals surface area contributed by atoms with Crippen LogP contribution in [0.2, 0.25) is 5.02 Å². The molecule has 2 heterocycles. The minimum absolute atomic E-state index is 0.152. The normalized spacial score (nSPS) is 11.0. The summed E-state index contributed by atoms with van der Waals surface area (Å²) in [7, 11) is 0. The Kier molecular flexibility index (Phi) is 4.21. The minimum Gasteiger partial charge on any atom is -0.480 e. The maximum absolute atomic E-state index is 13.0. The molecule has 2 aromatic heterocycles. The number of rotatable bonds is 4. The molecule has 1 N–H and O–H groups in total. The predicted molar refractivity (Wildman–Crippen MR) is 100 cm³/mol. The smallest absolute Gasteiger partial charge is 0.323 e. The van der Waals surface area contributed by atoms with Gasteiger partial charge < -0.3 is 14.4 Å². The van der Waals surface area contributed by atoms with Gasteiger partial charge in [0.25, 0.3) is 0 Å². The van der Waals surface area contributed by atoms with E-state index in [0.717, 1.165) is 0 Å². The molecule has 2 aromatic carbocycles. The van der Waals surface area contributed by atoms with Gasteiger partial charge in [0, 0.05) is 17.8 Å². The maximum Gasteiger partial charge on any atom is 0.323 e. The number of aromatic nitrogens is 3. The molecule has 134 valence electrons. The molecule has 0 atom stereocenters. The van der Waals surface area contributed by atoms with E-state index in [1.54, 1.807) is 30.3 Å². The number of hydrogen-bond donors (Lipinski definition) is 1. The van der Waals surface area contributed by atoms with E-state index in [2.05, 4.69) is 9.97 Å². The van der Waals surface area contributed by atoms with Crippen LogP contribution >= 0.6 is 11.6 Å². The fraction of sp³-hybridized carbons (Fsp3) is 0.0526. The van der Waals surface area contributed by atoms with Crippen molar-refractivity contribution in [2.45, 2.75) is 6.54 Å². The van der Waals surface area contributed by atoms with E-state index in [0.29, 0.717) is 21.8 Å². The number of ether oxygens (including phenoxy) is 1. The molecule has 0 aliphatic heterocycles. The molecule has 0 unspecified atom stereocenters.